The van der Waals surface area contributed by atoms with Gasteiger partial charge in [0.05, 0.1) is 5.92 Å². The van der Waals surface area contributed by atoms with Gasteiger partial charge >= 0.3 is 5.97 Å². The van der Waals surface area contributed by atoms with Crippen LogP contribution in [0.5, 0.6) is 0 Å². The maximum Gasteiger partial charge on any atom is 0.311 e. The molecule has 1 N–H and O–H groups in total. The molecule has 0 saturated carbocycles. The number of carbonyl (C=O) groups is 1. The molecule has 82 valence electrons. The molecule has 0 spiro atoms. The molecule has 3 heteroatoms. The summed E-state index contributed by atoms with van der Waals surface area (Å²) in [5.41, 5.74) is 1.95. The fourth-order valence-electron chi connectivity index (χ4n) is 1.68. The highest BCUT2D eigenvalue weighted by Gasteiger charge is 2.19. The predicted molar refractivity (Wildman–Crippen MR) is 64.8 cm³/mol. The topological polar surface area (TPSA) is 37.3 Å². The molecule has 0 aliphatic rings. The van der Waals surface area contributed by atoms with E-state index in [4.69, 9.17) is 0 Å². The molecule has 2 nitrogen and oxygen atoms in total. The molecule has 2 aromatic rings. The van der Waals surface area contributed by atoms with Crippen LogP contribution in [-0.4, -0.2) is 11.1 Å². The van der Waals surface area contributed by atoms with E-state index >= 15 is 0 Å². The average molecular weight is 232 g/mol. The molecule has 1 aromatic carbocycles. The molecule has 16 heavy (non-hydrogen) atoms. The monoisotopic (exact) mass is 232 g/mol. The molecule has 0 aliphatic carbocycles. The van der Waals surface area contributed by atoms with Gasteiger partial charge in [-0.25, -0.2) is 0 Å². The molecule has 0 amide bonds. The van der Waals surface area contributed by atoms with Crippen molar-refractivity contribution in [2.45, 2.75) is 12.3 Å². The third-order valence-electron chi connectivity index (χ3n) is 2.52. The minimum Gasteiger partial charge on any atom is -0.481 e. The Balaban J connectivity index is 2.22. The number of hydrogen-bond donors (Lipinski definition) is 1. The highest BCUT2D eigenvalue weighted by molar-refractivity contribution is 7.07. The Morgan fingerprint density at radius 3 is 2.56 bits per heavy atom. The molecular weight excluding hydrogens is 220 g/mol. The second-order valence-corrected chi connectivity index (χ2v) is 4.42. The molecule has 0 aliphatic heterocycles. The van der Waals surface area contributed by atoms with Gasteiger partial charge in [0.1, 0.15) is 0 Å². The number of aliphatic carboxylic acids is 1. The number of carboxylic acid groups (broad SMARTS) is 1. The van der Waals surface area contributed by atoms with Crippen molar-refractivity contribution in [2.75, 3.05) is 0 Å². The van der Waals surface area contributed by atoms with Gasteiger partial charge in [-0.1, -0.05) is 30.3 Å². The molecule has 0 bridgehead atoms. The van der Waals surface area contributed by atoms with E-state index in [0.717, 1.165) is 11.1 Å². The number of carboxylic acids is 1. The van der Waals surface area contributed by atoms with Crippen LogP contribution >= 0.6 is 11.3 Å². The van der Waals surface area contributed by atoms with Gasteiger partial charge < -0.3 is 5.11 Å². The van der Waals surface area contributed by atoms with Crippen LogP contribution in [0.1, 0.15) is 17.0 Å². The van der Waals surface area contributed by atoms with Crippen molar-refractivity contribution < 1.29 is 9.90 Å². The lowest BCUT2D eigenvalue weighted by atomic mass is 9.93. The molecule has 1 heterocycles. The largest absolute Gasteiger partial charge is 0.481 e. The number of rotatable bonds is 4. The first-order chi connectivity index (χ1) is 7.77. The van der Waals surface area contributed by atoms with Gasteiger partial charge in [0.15, 0.2) is 0 Å². The van der Waals surface area contributed by atoms with E-state index in [0.29, 0.717) is 6.42 Å². The van der Waals surface area contributed by atoms with Crippen molar-refractivity contribution in [3.63, 3.8) is 0 Å². The first kappa shape index (κ1) is 10.9. The highest BCUT2D eigenvalue weighted by Crippen LogP contribution is 2.22. The number of benzene rings is 1. The Morgan fingerprint density at radius 2 is 2.00 bits per heavy atom. The zero-order valence-electron chi connectivity index (χ0n) is 8.67. The lowest BCUT2D eigenvalue weighted by Crippen LogP contribution is -2.13. The lowest BCUT2D eigenvalue weighted by Gasteiger charge is -2.11. The summed E-state index contributed by atoms with van der Waals surface area (Å²) in [6.45, 7) is 0. The summed E-state index contributed by atoms with van der Waals surface area (Å²) in [5.74, 6) is -1.21. The molecule has 0 saturated heterocycles. The second kappa shape index (κ2) is 4.94. The zero-order chi connectivity index (χ0) is 11.4. The van der Waals surface area contributed by atoms with Crippen molar-refractivity contribution in [1.29, 1.82) is 0 Å². The molecule has 0 fully saturated rings. The fourth-order valence-corrected chi connectivity index (χ4v) is 2.36. The molecule has 2 rings (SSSR count). The van der Waals surface area contributed by atoms with E-state index in [1.54, 1.807) is 11.3 Å². The first-order valence-corrected chi connectivity index (χ1v) is 6.00. The van der Waals surface area contributed by atoms with Crippen LogP contribution in [-0.2, 0) is 11.2 Å². The van der Waals surface area contributed by atoms with E-state index in [2.05, 4.69) is 0 Å². The Morgan fingerprint density at radius 1 is 1.25 bits per heavy atom. The summed E-state index contributed by atoms with van der Waals surface area (Å²) in [5, 5.41) is 13.2. The summed E-state index contributed by atoms with van der Waals surface area (Å²) in [6.07, 6.45) is 0.558. The van der Waals surface area contributed by atoms with Gasteiger partial charge in [0.2, 0.25) is 0 Å². The Labute approximate surface area is 98.2 Å². The van der Waals surface area contributed by atoms with Crippen LogP contribution in [0.4, 0.5) is 0 Å². The summed E-state index contributed by atoms with van der Waals surface area (Å²) in [4.78, 5) is 11.2. The van der Waals surface area contributed by atoms with Crippen LogP contribution in [0, 0.1) is 0 Å². The summed E-state index contributed by atoms with van der Waals surface area (Å²) < 4.78 is 0. The zero-order valence-corrected chi connectivity index (χ0v) is 9.48. The van der Waals surface area contributed by atoms with Crippen LogP contribution in [0.2, 0.25) is 0 Å². The Kier molecular flexibility index (Phi) is 3.37. The predicted octanol–water partition coefficient (Wildman–Crippen LogP) is 3.16. The van der Waals surface area contributed by atoms with Crippen LogP contribution in [0.15, 0.2) is 47.2 Å². The quantitative estimate of drug-likeness (QED) is 0.879. The van der Waals surface area contributed by atoms with Crippen molar-refractivity contribution in [3.8, 4) is 0 Å². The summed E-state index contributed by atoms with van der Waals surface area (Å²) >= 11 is 1.60. The minimum atomic E-state index is -0.766. The Hall–Kier alpha value is -1.61. The third-order valence-corrected chi connectivity index (χ3v) is 3.25. The SMILES string of the molecule is O=C(O)C(Cc1ccsc1)c1ccccc1. The van der Waals surface area contributed by atoms with Crippen LogP contribution in [0.25, 0.3) is 0 Å². The van der Waals surface area contributed by atoms with E-state index in [-0.39, 0.29) is 0 Å². The number of hydrogen-bond acceptors (Lipinski definition) is 2. The Bertz CT molecular complexity index is 448. The van der Waals surface area contributed by atoms with Gasteiger partial charge in [0.25, 0.3) is 0 Å². The van der Waals surface area contributed by atoms with E-state index in [9.17, 15) is 9.90 Å². The molecule has 1 aromatic heterocycles. The second-order valence-electron chi connectivity index (χ2n) is 3.64. The van der Waals surface area contributed by atoms with Crippen molar-refractivity contribution in [2.24, 2.45) is 0 Å². The van der Waals surface area contributed by atoms with Crippen molar-refractivity contribution in [3.05, 3.63) is 58.3 Å². The standard InChI is InChI=1S/C13H12O2S/c14-13(15)12(8-10-6-7-16-9-10)11-4-2-1-3-5-11/h1-7,9,12H,8H2,(H,14,15). The minimum absolute atomic E-state index is 0.448. The van der Waals surface area contributed by atoms with Crippen molar-refractivity contribution in [1.82, 2.24) is 0 Å². The number of thiophene rings is 1. The fraction of sp³-hybridized carbons (Fsp3) is 0.154. The average Bonchev–Trinajstić information content (AvgIpc) is 2.79. The summed E-state index contributed by atoms with van der Waals surface area (Å²) in [7, 11) is 0. The first-order valence-electron chi connectivity index (χ1n) is 5.06. The van der Waals surface area contributed by atoms with Gasteiger partial charge in [-0.05, 0) is 34.4 Å². The maximum absolute atomic E-state index is 11.2. The summed E-state index contributed by atoms with van der Waals surface area (Å²) in [6, 6.07) is 11.4. The smallest absolute Gasteiger partial charge is 0.311 e. The molecule has 1 atom stereocenters. The lowest BCUT2D eigenvalue weighted by molar-refractivity contribution is -0.138. The maximum atomic E-state index is 11.2. The molecule has 0 radical (unpaired) electrons. The normalized spacial score (nSPS) is 12.2. The van der Waals surface area contributed by atoms with Gasteiger partial charge in [0, 0.05) is 0 Å². The van der Waals surface area contributed by atoms with E-state index in [1.165, 1.54) is 0 Å². The highest BCUT2D eigenvalue weighted by atomic mass is 32.1. The molecular formula is C13H12O2S. The van der Waals surface area contributed by atoms with Gasteiger partial charge in [-0.15, -0.1) is 0 Å². The van der Waals surface area contributed by atoms with Crippen LogP contribution < -0.4 is 0 Å². The van der Waals surface area contributed by atoms with Crippen LogP contribution in [0.3, 0.4) is 0 Å². The van der Waals surface area contributed by atoms with Gasteiger partial charge in [-0.3, -0.25) is 4.79 Å². The third kappa shape index (κ3) is 2.49. The van der Waals surface area contributed by atoms with Gasteiger partial charge in [-0.2, -0.15) is 11.3 Å². The van der Waals surface area contributed by atoms with Crippen molar-refractivity contribution >= 4 is 17.3 Å². The van der Waals surface area contributed by atoms with E-state index < -0.39 is 11.9 Å². The van der Waals surface area contributed by atoms with E-state index in [1.807, 2.05) is 47.2 Å². The molecule has 1 unspecified atom stereocenters.